The molecule has 1 aromatic carbocycles. The number of ether oxygens (including phenoxy) is 2. The zero-order chi connectivity index (χ0) is 19.5. The maximum atomic E-state index is 5.84. The molecule has 8 heteroatoms. The lowest BCUT2D eigenvalue weighted by Crippen LogP contribution is -2.40. The second kappa shape index (κ2) is 8.38. The van der Waals surface area contributed by atoms with Crippen molar-refractivity contribution in [1.82, 2.24) is 19.1 Å². The van der Waals surface area contributed by atoms with Crippen LogP contribution in [0, 0.1) is 13.8 Å². The van der Waals surface area contributed by atoms with Gasteiger partial charge < -0.3 is 14.4 Å². The Balaban J connectivity index is 1.67. The van der Waals surface area contributed by atoms with Crippen molar-refractivity contribution < 1.29 is 9.47 Å². The highest BCUT2D eigenvalue weighted by Gasteiger charge is 2.32. The summed E-state index contributed by atoms with van der Waals surface area (Å²) >= 11 is 1.45. The lowest BCUT2D eigenvalue weighted by molar-refractivity contribution is 0.0937. The highest BCUT2D eigenvalue weighted by Crippen LogP contribution is 2.34. The summed E-state index contributed by atoms with van der Waals surface area (Å²) in [6.07, 6.45) is 0.728. The van der Waals surface area contributed by atoms with Crippen LogP contribution in [0.1, 0.15) is 28.8 Å². The average molecular weight is 400 g/mol. The van der Waals surface area contributed by atoms with Crippen molar-refractivity contribution in [3.63, 3.8) is 0 Å². The number of benzene rings is 1. The molecule has 0 saturated carbocycles. The molecule has 0 spiro atoms. The molecule has 28 heavy (non-hydrogen) atoms. The zero-order valence-electron chi connectivity index (χ0n) is 16.5. The molecule has 0 aliphatic carbocycles. The molecule has 1 unspecified atom stereocenters. The van der Waals surface area contributed by atoms with Gasteiger partial charge >= 0.3 is 0 Å². The summed E-state index contributed by atoms with van der Waals surface area (Å²) in [5.74, 6) is 0.834. The summed E-state index contributed by atoms with van der Waals surface area (Å²) < 4.78 is 17.5. The van der Waals surface area contributed by atoms with Crippen molar-refractivity contribution in [2.24, 2.45) is 0 Å². The monoisotopic (exact) mass is 399 g/mol. The third-order valence-corrected chi connectivity index (χ3v) is 5.83. The number of hydrogen-bond acceptors (Lipinski definition) is 7. The molecule has 0 amide bonds. The van der Waals surface area contributed by atoms with E-state index in [0.29, 0.717) is 19.8 Å². The number of rotatable bonds is 6. The number of anilines is 1. The van der Waals surface area contributed by atoms with Crippen LogP contribution in [-0.2, 0) is 15.9 Å². The maximum Gasteiger partial charge on any atom is 0.205 e. The maximum absolute atomic E-state index is 5.84. The third kappa shape index (κ3) is 3.67. The molecule has 1 saturated heterocycles. The molecule has 0 N–H and O–H groups in total. The molecule has 0 radical (unpaired) electrons. The molecule has 2 aromatic heterocycles. The SMILES string of the molecule is COCCc1nsc(N2CCOCC2c2c(C)nn(-c3ccccc3)c2C)n1. The average Bonchev–Trinajstić information content (AvgIpc) is 3.31. The number of nitrogens with zero attached hydrogens (tertiary/aromatic N) is 5. The Morgan fingerprint density at radius 1 is 1.25 bits per heavy atom. The predicted molar refractivity (Wildman–Crippen MR) is 109 cm³/mol. The van der Waals surface area contributed by atoms with Gasteiger partial charge in [-0.1, -0.05) is 18.2 Å². The van der Waals surface area contributed by atoms with E-state index in [-0.39, 0.29) is 6.04 Å². The van der Waals surface area contributed by atoms with E-state index in [1.54, 1.807) is 7.11 Å². The van der Waals surface area contributed by atoms with Crippen molar-refractivity contribution in [2.75, 3.05) is 38.4 Å². The Hall–Kier alpha value is -2.29. The summed E-state index contributed by atoms with van der Waals surface area (Å²) in [4.78, 5) is 7.05. The summed E-state index contributed by atoms with van der Waals surface area (Å²) in [7, 11) is 1.70. The minimum absolute atomic E-state index is 0.0782. The van der Waals surface area contributed by atoms with Crippen molar-refractivity contribution in [1.29, 1.82) is 0 Å². The molecule has 1 fully saturated rings. The highest BCUT2D eigenvalue weighted by molar-refractivity contribution is 7.09. The van der Waals surface area contributed by atoms with Gasteiger partial charge in [-0.3, -0.25) is 0 Å². The number of methoxy groups -OCH3 is 1. The van der Waals surface area contributed by atoms with Crippen LogP contribution >= 0.6 is 11.5 Å². The normalized spacial score (nSPS) is 17.2. The molecule has 4 rings (SSSR count). The van der Waals surface area contributed by atoms with Crippen molar-refractivity contribution in [3.05, 3.63) is 53.1 Å². The number of aryl methyl sites for hydroxylation is 1. The minimum atomic E-state index is 0.0782. The fraction of sp³-hybridized carbons (Fsp3) is 0.450. The van der Waals surface area contributed by atoms with Gasteiger partial charge in [-0.15, -0.1) is 0 Å². The summed E-state index contributed by atoms with van der Waals surface area (Å²) in [6, 6.07) is 10.3. The van der Waals surface area contributed by atoms with Crippen LogP contribution in [0.15, 0.2) is 30.3 Å². The van der Waals surface area contributed by atoms with Gasteiger partial charge in [-0.05, 0) is 26.0 Å². The second-order valence-electron chi connectivity index (χ2n) is 6.85. The van der Waals surface area contributed by atoms with Crippen LogP contribution in [0.25, 0.3) is 5.69 Å². The van der Waals surface area contributed by atoms with Gasteiger partial charge in [-0.2, -0.15) is 9.47 Å². The van der Waals surface area contributed by atoms with Crippen molar-refractivity contribution in [3.8, 4) is 5.69 Å². The minimum Gasteiger partial charge on any atom is -0.384 e. The van der Waals surface area contributed by atoms with E-state index in [2.05, 4.69) is 35.3 Å². The van der Waals surface area contributed by atoms with Gasteiger partial charge in [0, 0.05) is 42.9 Å². The smallest absolute Gasteiger partial charge is 0.205 e. The first-order valence-corrected chi connectivity index (χ1v) is 10.2. The van der Waals surface area contributed by atoms with E-state index in [4.69, 9.17) is 19.6 Å². The largest absolute Gasteiger partial charge is 0.384 e. The summed E-state index contributed by atoms with van der Waals surface area (Å²) in [6.45, 7) is 6.92. The van der Waals surface area contributed by atoms with Gasteiger partial charge in [0.1, 0.15) is 5.82 Å². The van der Waals surface area contributed by atoms with Crippen LogP contribution in [0.5, 0.6) is 0 Å². The van der Waals surface area contributed by atoms with E-state index in [0.717, 1.165) is 41.0 Å². The fourth-order valence-electron chi connectivity index (χ4n) is 3.69. The molecular formula is C20H25N5O2S. The molecule has 1 atom stereocenters. The quantitative estimate of drug-likeness (QED) is 0.635. The molecule has 0 bridgehead atoms. The molecule has 3 heterocycles. The predicted octanol–water partition coefficient (Wildman–Crippen LogP) is 3.11. The number of para-hydroxylation sites is 1. The first-order chi connectivity index (χ1) is 13.7. The lowest BCUT2D eigenvalue weighted by Gasteiger charge is -2.35. The van der Waals surface area contributed by atoms with E-state index in [1.807, 2.05) is 22.9 Å². The first kappa shape index (κ1) is 19.0. The Kier molecular flexibility index (Phi) is 5.70. The summed E-state index contributed by atoms with van der Waals surface area (Å²) in [5, 5.41) is 5.75. The number of hydrogen-bond donors (Lipinski definition) is 0. The van der Waals surface area contributed by atoms with Crippen LogP contribution in [0.3, 0.4) is 0 Å². The number of morpholine rings is 1. The second-order valence-corrected chi connectivity index (χ2v) is 7.58. The van der Waals surface area contributed by atoms with Crippen molar-refractivity contribution in [2.45, 2.75) is 26.3 Å². The Bertz CT molecular complexity index is 924. The van der Waals surface area contributed by atoms with Crippen molar-refractivity contribution >= 4 is 16.7 Å². The fourth-order valence-corrected chi connectivity index (χ4v) is 4.47. The molecule has 148 valence electrons. The van der Waals surface area contributed by atoms with Gasteiger partial charge in [0.05, 0.1) is 37.2 Å². The van der Waals surface area contributed by atoms with Gasteiger partial charge in [0.25, 0.3) is 0 Å². The van der Waals surface area contributed by atoms with E-state index >= 15 is 0 Å². The van der Waals surface area contributed by atoms with E-state index in [9.17, 15) is 0 Å². The summed E-state index contributed by atoms with van der Waals surface area (Å²) in [5.41, 5.74) is 4.42. The lowest BCUT2D eigenvalue weighted by atomic mass is 10.0. The Labute approximate surface area is 169 Å². The van der Waals surface area contributed by atoms with Crippen LogP contribution in [0.2, 0.25) is 0 Å². The standard InChI is InChI=1S/C20H25N5O2S/c1-14-19(15(2)25(22-14)16-7-5-4-6-8-16)17-13-27-12-10-24(17)20-21-18(23-28-20)9-11-26-3/h4-8,17H,9-13H2,1-3H3. The van der Waals surface area contributed by atoms with Crippen LogP contribution in [-0.4, -0.2) is 52.6 Å². The Morgan fingerprint density at radius 3 is 2.86 bits per heavy atom. The van der Waals surface area contributed by atoms with Gasteiger partial charge in [0.2, 0.25) is 5.13 Å². The van der Waals surface area contributed by atoms with E-state index in [1.165, 1.54) is 17.1 Å². The molecular weight excluding hydrogens is 374 g/mol. The van der Waals surface area contributed by atoms with E-state index < -0.39 is 0 Å². The molecule has 3 aromatic rings. The topological polar surface area (TPSA) is 65.3 Å². The zero-order valence-corrected chi connectivity index (χ0v) is 17.3. The molecule has 1 aliphatic rings. The number of aromatic nitrogens is 4. The van der Waals surface area contributed by atoms with Crippen LogP contribution < -0.4 is 4.90 Å². The van der Waals surface area contributed by atoms with Crippen LogP contribution in [0.4, 0.5) is 5.13 Å². The van der Waals surface area contributed by atoms with Gasteiger partial charge in [-0.25, -0.2) is 9.67 Å². The molecule has 7 nitrogen and oxygen atoms in total. The molecule has 1 aliphatic heterocycles. The Morgan fingerprint density at radius 2 is 2.07 bits per heavy atom. The first-order valence-electron chi connectivity index (χ1n) is 9.46. The third-order valence-electron chi connectivity index (χ3n) is 5.04. The highest BCUT2D eigenvalue weighted by atomic mass is 32.1. The van der Waals surface area contributed by atoms with Gasteiger partial charge in [0.15, 0.2) is 0 Å².